The fraction of sp³-hybridized carbons (Fsp3) is 0.353. The first-order valence-electron chi connectivity index (χ1n) is 8.52. The number of pyridine rings is 1. The maximum atomic E-state index is 13.1. The van der Waals surface area contributed by atoms with E-state index in [-0.39, 0.29) is 24.0 Å². The highest BCUT2D eigenvalue weighted by atomic mass is 32.1. The number of carbonyl (C=O) groups is 1. The number of thiazole rings is 1. The SMILES string of the molecule is Cc1nc(-n2cnn(CC3CC3(F)F)c2=O)sc1C(=O)NCc1cccnc1. The number of nitrogens with one attached hydrogen (secondary N) is 1. The molecule has 0 aliphatic heterocycles. The first-order valence-corrected chi connectivity index (χ1v) is 9.34. The van der Waals surface area contributed by atoms with Crippen LogP contribution in [0.4, 0.5) is 8.78 Å². The molecular formula is C17H16F2N6O2S. The van der Waals surface area contributed by atoms with Gasteiger partial charge < -0.3 is 5.32 Å². The minimum absolute atomic E-state index is 0.137. The van der Waals surface area contributed by atoms with Crippen LogP contribution < -0.4 is 11.0 Å². The van der Waals surface area contributed by atoms with E-state index in [0.717, 1.165) is 26.1 Å². The predicted octanol–water partition coefficient (Wildman–Crippen LogP) is 1.78. The second kappa shape index (κ2) is 6.89. The molecule has 1 aliphatic carbocycles. The van der Waals surface area contributed by atoms with Crippen LogP contribution in [0.2, 0.25) is 0 Å². The minimum atomic E-state index is -2.72. The highest BCUT2D eigenvalue weighted by Gasteiger charge is 2.57. The van der Waals surface area contributed by atoms with Gasteiger partial charge in [0.25, 0.3) is 11.8 Å². The van der Waals surface area contributed by atoms with Gasteiger partial charge in [0.05, 0.1) is 12.2 Å². The Morgan fingerprint density at radius 2 is 2.25 bits per heavy atom. The molecule has 1 fully saturated rings. The summed E-state index contributed by atoms with van der Waals surface area (Å²) in [7, 11) is 0. The highest BCUT2D eigenvalue weighted by molar-refractivity contribution is 7.16. The summed E-state index contributed by atoms with van der Waals surface area (Å²) < 4.78 is 28.3. The number of halogens is 2. The van der Waals surface area contributed by atoms with Gasteiger partial charge in [0.2, 0.25) is 0 Å². The molecule has 146 valence electrons. The molecule has 3 aromatic heterocycles. The molecule has 0 saturated heterocycles. The lowest BCUT2D eigenvalue weighted by atomic mass is 10.3. The molecule has 1 N–H and O–H groups in total. The number of amides is 1. The summed E-state index contributed by atoms with van der Waals surface area (Å²) in [6, 6.07) is 3.62. The largest absolute Gasteiger partial charge is 0.352 e. The standard InChI is InChI=1S/C17H16F2N6O2S/c1-10-13(14(26)21-7-11-3-2-4-20-6-11)28-15(23-10)24-9-22-25(16(24)27)8-12-5-17(12,18)19/h2-4,6,9,12H,5,7-8H2,1H3,(H,21,26). The molecular weight excluding hydrogens is 390 g/mol. The van der Waals surface area contributed by atoms with E-state index in [1.807, 2.05) is 6.07 Å². The third kappa shape index (κ3) is 3.57. The van der Waals surface area contributed by atoms with Crippen molar-refractivity contribution in [3.8, 4) is 5.13 Å². The number of nitrogens with zero attached hydrogens (tertiary/aromatic N) is 5. The van der Waals surface area contributed by atoms with Gasteiger partial charge in [-0.25, -0.2) is 27.8 Å². The molecule has 0 aromatic carbocycles. The molecule has 28 heavy (non-hydrogen) atoms. The third-order valence-corrected chi connectivity index (χ3v) is 5.61. The normalized spacial score (nSPS) is 17.5. The molecule has 1 saturated carbocycles. The van der Waals surface area contributed by atoms with Gasteiger partial charge in [-0.2, -0.15) is 5.10 Å². The van der Waals surface area contributed by atoms with Gasteiger partial charge >= 0.3 is 5.69 Å². The van der Waals surface area contributed by atoms with Crippen molar-refractivity contribution in [3.05, 3.63) is 57.5 Å². The Hall–Kier alpha value is -2.95. The molecule has 1 amide bonds. The van der Waals surface area contributed by atoms with Crippen molar-refractivity contribution in [2.75, 3.05) is 0 Å². The summed E-state index contributed by atoms with van der Waals surface area (Å²) in [6.07, 6.45) is 4.30. The fourth-order valence-corrected chi connectivity index (χ4v) is 3.68. The maximum Gasteiger partial charge on any atom is 0.352 e. The number of rotatable bonds is 6. The van der Waals surface area contributed by atoms with Crippen LogP contribution in [0.25, 0.3) is 5.13 Å². The van der Waals surface area contributed by atoms with Crippen molar-refractivity contribution in [2.24, 2.45) is 5.92 Å². The van der Waals surface area contributed by atoms with E-state index in [2.05, 4.69) is 20.4 Å². The molecule has 8 nitrogen and oxygen atoms in total. The van der Waals surface area contributed by atoms with Crippen molar-refractivity contribution in [1.82, 2.24) is 29.6 Å². The quantitative estimate of drug-likeness (QED) is 0.673. The number of aromatic nitrogens is 5. The molecule has 3 aromatic rings. The monoisotopic (exact) mass is 406 g/mol. The van der Waals surface area contributed by atoms with Crippen LogP contribution in [0.15, 0.2) is 35.6 Å². The molecule has 0 radical (unpaired) electrons. The second-order valence-electron chi connectivity index (χ2n) is 6.58. The van der Waals surface area contributed by atoms with Gasteiger partial charge in [0, 0.05) is 31.3 Å². The van der Waals surface area contributed by atoms with Gasteiger partial charge in [-0.05, 0) is 18.6 Å². The van der Waals surface area contributed by atoms with Crippen molar-refractivity contribution in [3.63, 3.8) is 0 Å². The Morgan fingerprint density at radius 3 is 2.93 bits per heavy atom. The van der Waals surface area contributed by atoms with Crippen molar-refractivity contribution < 1.29 is 13.6 Å². The van der Waals surface area contributed by atoms with E-state index in [0.29, 0.717) is 17.1 Å². The second-order valence-corrected chi connectivity index (χ2v) is 7.56. The molecule has 4 rings (SSSR count). The van der Waals surface area contributed by atoms with E-state index >= 15 is 0 Å². The summed E-state index contributed by atoms with van der Waals surface area (Å²) in [4.78, 5) is 33.5. The average molecular weight is 406 g/mol. The molecule has 1 aliphatic rings. The summed E-state index contributed by atoms with van der Waals surface area (Å²) in [5, 5.41) is 6.94. The number of carbonyl (C=O) groups excluding carboxylic acids is 1. The van der Waals surface area contributed by atoms with Crippen LogP contribution in [-0.4, -0.2) is 36.1 Å². The van der Waals surface area contributed by atoms with Crippen molar-refractivity contribution >= 4 is 17.2 Å². The minimum Gasteiger partial charge on any atom is -0.347 e. The van der Waals surface area contributed by atoms with Crippen LogP contribution in [0.5, 0.6) is 0 Å². The molecule has 1 unspecified atom stereocenters. The predicted molar refractivity (Wildman–Crippen MR) is 96.7 cm³/mol. The number of alkyl halides is 2. The van der Waals surface area contributed by atoms with E-state index in [1.165, 1.54) is 6.33 Å². The highest BCUT2D eigenvalue weighted by Crippen LogP contribution is 2.49. The summed E-state index contributed by atoms with van der Waals surface area (Å²) >= 11 is 1.04. The first kappa shape index (κ1) is 18.4. The molecule has 1 atom stereocenters. The van der Waals surface area contributed by atoms with Gasteiger partial charge in [0.1, 0.15) is 11.2 Å². The topological polar surface area (TPSA) is 94.7 Å². The first-order chi connectivity index (χ1) is 13.3. The van der Waals surface area contributed by atoms with Gasteiger partial charge in [-0.15, -0.1) is 0 Å². The Morgan fingerprint density at radius 1 is 1.46 bits per heavy atom. The van der Waals surface area contributed by atoms with Crippen LogP contribution in [0.1, 0.15) is 27.3 Å². The Balaban J connectivity index is 1.49. The molecule has 0 spiro atoms. The Labute approximate surface area is 161 Å². The molecule has 0 bridgehead atoms. The summed E-state index contributed by atoms with van der Waals surface area (Å²) in [6.45, 7) is 1.84. The van der Waals surface area contributed by atoms with Crippen LogP contribution in [0, 0.1) is 12.8 Å². The Bertz CT molecular complexity index is 1080. The van der Waals surface area contributed by atoms with Crippen LogP contribution in [-0.2, 0) is 13.1 Å². The molecule has 11 heteroatoms. The van der Waals surface area contributed by atoms with Crippen LogP contribution in [0.3, 0.4) is 0 Å². The number of hydrogen-bond acceptors (Lipinski definition) is 6. The van der Waals surface area contributed by atoms with E-state index in [9.17, 15) is 18.4 Å². The zero-order valence-corrected chi connectivity index (χ0v) is 15.6. The summed E-state index contributed by atoms with van der Waals surface area (Å²) in [5.74, 6) is -3.90. The lowest BCUT2D eigenvalue weighted by molar-refractivity contribution is 0.0936. The van der Waals surface area contributed by atoms with Crippen LogP contribution >= 0.6 is 11.3 Å². The van der Waals surface area contributed by atoms with E-state index in [4.69, 9.17) is 0 Å². The van der Waals surface area contributed by atoms with E-state index < -0.39 is 17.5 Å². The smallest absolute Gasteiger partial charge is 0.347 e. The van der Waals surface area contributed by atoms with Gasteiger partial charge in [0.15, 0.2) is 5.13 Å². The van der Waals surface area contributed by atoms with Gasteiger partial charge in [-0.3, -0.25) is 9.78 Å². The van der Waals surface area contributed by atoms with Crippen molar-refractivity contribution in [2.45, 2.75) is 32.4 Å². The van der Waals surface area contributed by atoms with Gasteiger partial charge in [-0.1, -0.05) is 17.4 Å². The zero-order chi connectivity index (χ0) is 19.9. The molecule has 3 heterocycles. The number of hydrogen-bond donors (Lipinski definition) is 1. The lowest BCUT2D eigenvalue weighted by Gasteiger charge is -2.03. The Kier molecular flexibility index (Phi) is 4.53. The average Bonchev–Trinajstić information content (AvgIpc) is 2.95. The van der Waals surface area contributed by atoms with Crippen molar-refractivity contribution in [1.29, 1.82) is 0 Å². The number of aryl methyl sites for hydroxylation is 1. The van der Waals surface area contributed by atoms with E-state index in [1.54, 1.807) is 25.4 Å². The lowest BCUT2D eigenvalue weighted by Crippen LogP contribution is -2.25. The summed E-state index contributed by atoms with van der Waals surface area (Å²) in [5.41, 5.74) is 0.767. The maximum absolute atomic E-state index is 13.1. The zero-order valence-electron chi connectivity index (χ0n) is 14.8. The fourth-order valence-electron chi connectivity index (χ4n) is 2.73. The third-order valence-electron chi connectivity index (χ3n) is 4.46.